The number of fused-ring (bicyclic) bond motifs is 1. The van der Waals surface area contributed by atoms with Crippen molar-refractivity contribution < 1.29 is 9.52 Å². The Bertz CT molecular complexity index is 728. The summed E-state index contributed by atoms with van der Waals surface area (Å²) in [6.45, 7) is 1.07. The van der Waals surface area contributed by atoms with Gasteiger partial charge >= 0.3 is 0 Å². The Balaban J connectivity index is 1.70. The van der Waals surface area contributed by atoms with Gasteiger partial charge in [-0.05, 0) is 29.8 Å². The van der Waals surface area contributed by atoms with Crippen LogP contribution < -0.4 is 5.32 Å². The van der Waals surface area contributed by atoms with E-state index in [4.69, 9.17) is 4.42 Å². The zero-order chi connectivity index (χ0) is 14.7. The number of pyridine rings is 1. The number of aliphatic hydroxyl groups excluding tert-OH is 1. The molecule has 0 fully saturated rings. The first-order chi connectivity index (χ1) is 10.3. The summed E-state index contributed by atoms with van der Waals surface area (Å²) in [5.74, 6) is 0.571. The second kappa shape index (κ2) is 6.39. The number of nitrogens with zero attached hydrogens (tertiary/aromatic N) is 1. The lowest BCUT2D eigenvalue weighted by Gasteiger charge is -2.11. The maximum absolute atomic E-state index is 9.97. The molecule has 4 nitrogen and oxygen atoms in total. The number of hydrogen-bond acceptors (Lipinski definition) is 4. The Morgan fingerprint density at radius 1 is 1.24 bits per heavy atom. The van der Waals surface area contributed by atoms with E-state index in [-0.39, 0.29) is 0 Å². The van der Waals surface area contributed by atoms with Crippen LogP contribution in [0.3, 0.4) is 0 Å². The highest BCUT2D eigenvalue weighted by molar-refractivity contribution is 9.10. The van der Waals surface area contributed by atoms with Gasteiger partial charge in [-0.25, -0.2) is 0 Å². The molecule has 0 amide bonds. The van der Waals surface area contributed by atoms with E-state index in [0.29, 0.717) is 18.8 Å². The van der Waals surface area contributed by atoms with Crippen LogP contribution in [0.25, 0.3) is 10.9 Å². The first kappa shape index (κ1) is 14.3. The highest BCUT2D eigenvalue weighted by Crippen LogP contribution is 2.25. The highest BCUT2D eigenvalue weighted by atomic mass is 79.9. The molecule has 2 aromatic heterocycles. The molecule has 3 aromatic rings. The van der Waals surface area contributed by atoms with Gasteiger partial charge in [-0.3, -0.25) is 4.98 Å². The zero-order valence-corrected chi connectivity index (χ0v) is 12.9. The predicted octanol–water partition coefficient (Wildman–Crippen LogP) is 3.41. The van der Waals surface area contributed by atoms with Crippen LogP contribution in [-0.2, 0) is 6.54 Å². The number of aliphatic hydroxyl groups is 1. The average molecular weight is 347 g/mol. The fourth-order valence-electron chi connectivity index (χ4n) is 2.26. The molecule has 3 rings (SSSR count). The Morgan fingerprint density at radius 3 is 2.95 bits per heavy atom. The Kier molecular flexibility index (Phi) is 4.34. The van der Waals surface area contributed by atoms with Gasteiger partial charge in [-0.1, -0.05) is 28.1 Å². The van der Waals surface area contributed by atoms with E-state index in [1.54, 1.807) is 24.6 Å². The van der Waals surface area contributed by atoms with Gasteiger partial charge in [-0.2, -0.15) is 0 Å². The third kappa shape index (κ3) is 3.15. The average Bonchev–Trinajstić information content (AvgIpc) is 3.04. The van der Waals surface area contributed by atoms with Crippen LogP contribution in [0, 0.1) is 0 Å². The minimum atomic E-state index is -0.644. The van der Waals surface area contributed by atoms with E-state index in [1.807, 2.05) is 24.3 Å². The third-order valence-corrected chi connectivity index (χ3v) is 4.02. The summed E-state index contributed by atoms with van der Waals surface area (Å²) < 4.78 is 6.21. The molecule has 0 aliphatic carbocycles. The van der Waals surface area contributed by atoms with Gasteiger partial charge in [0.05, 0.1) is 11.8 Å². The van der Waals surface area contributed by atoms with Crippen molar-refractivity contribution in [2.75, 3.05) is 6.54 Å². The van der Waals surface area contributed by atoms with Gasteiger partial charge in [0.15, 0.2) is 0 Å². The molecule has 0 bridgehead atoms. The maximum atomic E-state index is 9.97. The van der Waals surface area contributed by atoms with Crippen molar-refractivity contribution in [3.05, 3.63) is 64.7 Å². The number of nitrogens with one attached hydrogen (secondary N) is 1. The van der Waals surface area contributed by atoms with Gasteiger partial charge in [0.2, 0.25) is 0 Å². The molecule has 0 aliphatic rings. The number of rotatable bonds is 5. The highest BCUT2D eigenvalue weighted by Gasteiger charge is 2.10. The van der Waals surface area contributed by atoms with Crippen molar-refractivity contribution in [3.8, 4) is 0 Å². The summed E-state index contributed by atoms with van der Waals surface area (Å²) in [6, 6.07) is 11.5. The summed E-state index contributed by atoms with van der Waals surface area (Å²) >= 11 is 3.54. The molecule has 21 heavy (non-hydrogen) atoms. The third-order valence-electron chi connectivity index (χ3n) is 3.32. The van der Waals surface area contributed by atoms with Crippen LogP contribution in [-0.4, -0.2) is 16.6 Å². The molecule has 2 heterocycles. The molecule has 1 atom stereocenters. The Labute approximate surface area is 130 Å². The predicted molar refractivity (Wildman–Crippen MR) is 84.8 cm³/mol. The van der Waals surface area contributed by atoms with Crippen LogP contribution in [0.5, 0.6) is 0 Å². The number of halogens is 1. The van der Waals surface area contributed by atoms with Gasteiger partial charge < -0.3 is 14.8 Å². The summed E-state index contributed by atoms with van der Waals surface area (Å²) in [5.41, 5.74) is 2.06. The van der Waals surface area contributed by atoms with Crippen LogP contribution >= 0.6 is 15.9 Å². The minimum Gasteiger partial charge on any atom is -0.467 e. The fraction of sp³-hybridized carbons (Fsp3) is 0.188. The second-order valence-electron chi connectivity index (χ2n) is 4.77. The number of hydrogen-bond donors (Lipinski definition) is 2. The fourth-order valence-corrected chi connectivity index (χ4v) is 2.72. The van der Waals surface area contributed by atoms with E-state index in [2.05, 4.69) is 26.2 Å². The second-order valence-corrected chi connectivity index (χ2v) is 5.62. The molecule has 1 aromatic carbocycles. The molecular weight excluding hydrogens is 332 g/mol. The van der Waals surface area contributed by atoms with Gasteiger partial charge in [-0.15, -0.1) is 0 Å². The molecule has 5 heteroatoms. The van der Waals surface area contributed by atoms with Crippen molar-refractivity contribution >= 4 is 26.8 Å². The smallest absolute Gasteiger partial charge is 0.133 e. The monoisotopic (exact) mass is 346 g/mol. The lowest BCUT2D eigenvalue weighted by molar-refractivity contribution is 0.147. The van der Waals surface area contributed by atoms with Gasteiger partial charge in [0.25, 0.3) is 0 Å². The molecule has 0 saturated heterocycles. The first-order valence-corrected chi connectivity index (χ1v) is 7.49. The van der Waals surface area contributed by atoms with Crippen LogP contribution in [0.4, 0.5) is 0 Å². The van der Waals surface area contributed by atoms with Crippen molar-refractivity contribution in [2.45, 2.75) is 12.6 Å². The van der Waals surface area contributed by atoms with Crippen LogP contribution in [0.2, 0.25) is 0 Å². The van der Waals surface area contributed by atoms with Gasteiger partial charge in [0, 0.05) is 29.1 Å². The lowest BCUT2D eigenvalue weighted by atomic mass is 10.1. The molecule has 0 unspecified atom stereocenters. The topological polar surface area (TPSA) is 58.3 Å². The summed E-state index contributed by atoms with van der Waals surface area (Å²) in [6.07, 6.45) is 2.70. The molecule has 0 aliphatic heterocycles. The van der Waals surface area contributed by atoms with Gasteiger partial charge in [0.1, 0.15) is 11.9 Å². The number of aromatic nitrogens is 1. The SMILES string of the molecule is O[C@@H](CNCc1ccc(Br)c2cccnc12)c1ccco1. The quantitative estimate of drug-likeness (QED) is 0.743. The molecule has 0 spiro atoms. The van der Waals surface area contributed by atoms with E-state index >= 15 is 0 Å². The van der Waals surface area contributed by atoms with E-state index in [0.717, 1.165) is 20.9 Å². The van der Waals surface area contributed by atoms with Crippen molar-refractivity contribution in [1.82, 2.24) is 10.3 Å². The van der Waals surface area contributed by atoms with Crippen LogP contribution in [0.15, 0.2) is 57.7 Å². The lowest BCUT2D eigenvalue weighted by Crippen LogP contribution is -2.21. The Hall–Kier alpha value is -1.69. The number of furan rings is 1. The Morgan fingerprint density at radius 2 is 2.14 bits per heavy atom. The standard InChI is InChI=1S/C16H15BrN2O2/c17-13-6-5-11(16-12(13)3-1-7-19-16)9-18-10-14(20)15-4-2-8-21-15/h1-8,14,18,20H,9-10H2/t14-/m0/s1. The number of benzene rings is 1. The molecule has 0 radical (unpaired) electrons. The zero-order valence-electron chi connectivity index (χ0n) is 11.3. The first-order valence-electron chi connectivity index (χ1n) is 6.70. The summed E-state index contributed by atoms with van der Waals surface area (Å²) in [7, 11) is 0. The van der Waals surface area contributed by atoms with Crippen molar-refractivity contribution in [1.29, 1.82) is 0 Å². The van der Waals surface area contributed by atoms with Crippen molar-refractivity contribution in [3.63, 3.8) is 0 Å². The molecule has 108 valence electrons. The molecular formula is C16H15BrN2O2. The summed E-state index contributed by atoms with van der Waals surface area (Å²) in [4.78, 5) is 4.44. The minimum absolute atomic E-state index is 0.428. The van der Waals surface area contributed by atoms with Crippen molar-refractivity contribution in [2.24, 2.45) is 0 Å². The van der Waals surface area contributed by atoms with E-state index in [1.165, 1.54) is 0 Å². The molecule has 2 N–H and O–H groups in total. The van der Waals surface area contributed by atoms with E-state index in [9.17, 15) is 5.11 Å². The summed E-state index contributed by atoms with van der Waals surface area (Å²) in [5, 5.41) is 14.3. The maximum Gasteiger partial charge on any atom is 0.133 e. The molecule has 0 saturated carbocycles. The van der Waals surface area contributed by atoms with Crippen LogP contribution in [0.1, 0.15) is 17.4 Å². The normalized spacial score (nSPS) is 12.7. The van der Waals surface area contributed by atoms with E-state index < -0.39 is 6.10 Å². The largest absolute Gasteiger partial charge is 0.467 e.